The third kappa shape index (κ3) is 3.04. The van der Waals surface area contributed by atoms with E-state index in [-0.39, 0.29) is 5.82 Å². The molecular formula is C23H19F2N3S. The summed E-state index contributed by atoms with van der Waals surface area (Å²) in [5.41, 5.74) is 2.36. The number of benzene rings is 2. The van der Waals surface area contributed by atoms with E-state index in [1.54, 1.807) is 30.4 Å². The Morgan fingerprint density at radius 2 is 1.90 bits per heavy atom. The summed E-state index contributed by atoms with van der Waals surface area (Å²) in [7, 11) is 0. The highest BCUT2D eigenvalue weighted by molar-refractivity contribution is 7.23. The molecule has 29 heavy (non-hydrogen) atoms. The van der Waals surface area contributed by atoms with Crippen molar-refractivity contribution in [1.82, 2.24) is 9.38 Å². The molecule has 3 nitrogen and oxygen atoms in total. The number of alkyl halides is 1. The van der Waals surface area contributed by atoms with E-state index >= 15 is 4.39 Å². The van der Waals surface area contributed by atoms with Crippen LogP contribution in [0.25, 0.3) is 20.8 Å². The van der Waals surface area contributed by atoms with Gasteiger partial charge in [-0.15, -0.1) is 0 Å². The normalized spacial score (nSPS) is 19.4. The Bertz CT molecular complexity index is 1290. The summed E-state index contributed by atoms with van der Waals surface area (Å²) >= 11 is 1.56. The number of fused-ring (bicyclic) bond motifs is 3. The number of thiazole rings is 1. The number of hydrogen-bond acceptors (Lipinski definition) is 3. The molecule has 0 amide bonds. The van der Waals surface area contributed by atoms with Crippen LogP contribution in [0.15, 0.2) is 66.3 Å². The molecule has 1 aliphatic carbocycles. The number of nitrogens with one attached hydrogen (secondary N) is 1. The van der Waals surface area contributed by atoms with E-state index in [1.807, 2.05) is 47.7 Å². The third-order valence-electron chi connectivity index (χ3n) is 5.26. The summed E-state index contributed by atoms with van der Waals surface area (Å²) in [6.07, 6.45) is 4.09. The fourth-order valence-electron chi connectivity index (χ4n) is 3.71. The van der Waals surface area contributed by atoms with Crippen LogP contribution in [0.3, 0.4) is 0 Å². The Kier molecular flexibility index (Phi) is 4.06. The summed E-state index contributed by atoms with van der Waals surface area (Å²) in [5.74, 6) is 0.385. The molecule has 2 heterocycles. The monoisotopic (exact) mass is 407 g/mol. The molecule has 6 heteroatoms. The second-order valence-corrected chi connectivity index (χ2v) is 8.55. The van der Waals surface area contributed by atoms with Crippen molar-refractivity contribution in [3.05, 3.63) is 77.8 Å². The van der Waals surface area contributed by atoms with Gasteiger partial charge < -0.3 is 5.32 Å². The minimum absolute atomic E-state index is 0.303. The number of aromatic nitrogens is 2. The lowest BCUT2D eigenvalue weighted by molar-refractivity contribution is 0.272. The van der Waals surface area contributed by atoms with Crippen molar-refractivity contribution in [2.24, 2.45) is 0 Å². The molecule has 0 aliphatic heterocycles. The maximum atomic E-state index is 15.5. The molecule has 2 aromatic heterocycles. The lowest BCUT2D eigenvalue weighted by atomic mass is 9.85. The molecule has 0 radical (unpaired) electrons. The molecule has 0 spiro atoms. The van der Waals surface area contributed by atoms with E-state index in [4.69, 9.17) is 4.98 Å². The summed E-state index contributed by atoms with van der Waals surface area (Å²) in [6, 6.07) is 14.2. The van der Waals surface area contributed by atoms with Crippen molar-refractivity contribution in [3.63, 3.8) is 0 Å². The van der Waals surface area contributed by atoms with Gasteiger partial charge in [0.25, 0.3) is 0 Å². The van der Waals surface area contributed by atoms with Gasteiger partial charge in [-0.1, -0.05) is 41.2 Å². The molecule has 1 atom stereocenters. The summed E-state index contributed by atoms with van der Waals surface area (Å²) in [5, 5.41) is 3.36. The third-order valence-corrected chi connectivity index (χ3v) is 6.28. The van der Waals surface area contributed by atoms with Crippen molar-refractivity contribution >= 4 is 43.6 Å². The molecule has 1 aliphatic rings. The van der Waals surface area contributed by atoms with E-state index in [1.165, 1.54) is 12.1 Å². The van der Waals surface area contributed by atoms with Crippen molar-refractivity contribution in [2.75, 3.05) is 5.32 Å². The quantitative estimate of drug-likeness (QED) is 0.400. The first-order valence-electron chi connectivity index (χ1n) is 9.43. The maximum absolute atomic E-state index is 15.5. The molecule has 0 fully saturated rings. The van der Waals surface area contributed by atoms with Crippen molar-refractivity contribution in [1.29, 1.82) is 0 Å². The molecule has 1 N–H and O–H groups in total. The van der Waals surface area contributed by atoms with E-state index in [0.29, 0.717) is 29.2 Å². The highest BCUT2D eigenvalue weighted by atomic mass is 32.1. The predicted molar refractivity (Wildman–Crippen MR) is 116 cm³/mol. The summed E-state index contributed by atoms with van der Waals surface area (Å²) in [4.78, 5) is 5.61. The molecule has 5 rings (SSSR count). The molecule has 1 unspecified atom stereocenters. The van der Waals surface area contributed by atoms with Crippen LogP contribution in [0.5, 0.6) is 0 Å². The Balaban J connectivity index is 1.77. The maximum Gasteiger partial charge on any atom is 0.197 e. The largest absolute Gasteiger partial charge is 0.339 e. The van der Waals surface area contributed by atoms with Crippen LogP contribution >= 0.6 is 11.3 Å². The second-order valence-electron chi connectivity index (χ2n) is 7.54. The number of nitrogens with zero attached hydrogens (tertiary/aromatic N) is 2. The lowest BCUT2D eigenvalue weighted by Crippen LogP contribution is -2.22. The molecule has 0 bridgehead atoms. The Morgan fingerprint density at radius 3 is 2.69 bits per heavy atom. The molecule has 0 saturated carbocycles. The summed E-state index contributed by atoms with van der Waals surface area (Å²) in [6.45, 7) is 3.56. The Labute approximate surface area is 171 Å². The van der Waals surface area contributed by atoms with Crippen LogP contribution in [0.1, 0.15) is 26.0 Å². The Hall–Kier alpha value is -2.99. The highest BCUT2D eigenvalue weighted by Gasteiger charge is 2.35. The van der Waals surface area contributed by atoms with Crippen LogP contribution in [0.4, 0.5) is 20.3 Å². The van der Waals surface area contributed by atoms with E-state index in [2.05, 4.69) is 5.32 Å². The highest BCUT2D eigenvalue weighted by Crippen LogP contribution is 2.43. The first-order valence-corrected chi connectivity index (χ1v) is 10.2. The van der Waals surface area contributed by atoms with E-state index in [0.717, 1.165) is 20.8 Å². The number of para-hydroxylation sites is 1. The molecule has 2 aromatic carbocycles. The van der Waals surface area contributed by atoms with Crippen LogP contribution in [0, 0.1) is 5.82 Å². The van der Waals surface area contributed by atoms with Gasteiger partial charge in [-0.25, -0.2) is 13.8 Å². The van der Waals surface area contributed by atoms with Gasteiger partial charge in [-0.05, 0) is 50.2 Å². The number of rotatable bonds is 3. The average Bonchev–Trinajstić information content (AvgIpc) is 3.22. The smallest absolute Gasteiger partial charge is 0.197 e. The predicted octanol–water partition coefficient (Wildman–Crippen LogP) is 6.89. The number of halogens is 2. The van der Waals surface area contributed by atoms with Gasteiger partial charge in [-0.2, -0.15) is 0 Å². The minimum Gasteiger partial charge on any atom is -0.339 e. The first kappa shape index (κ1) is 18.1. The van der Waals surface area contributed by atoms with Gasteiger partial charge >= 0.3 is 0 Å². The van der Waals surface area contributed by atoms with Crippen LogP contribution in [0.2, 0.25) is 0 Å². The number of allylic oxidation sites excluding steroid dienone is 4. The van der Waals surface area contributed by atoms with Gasteiger partial charge in [0.05, 0.1) is 10.2 Å². The standard InChI is InChI=1S/C23H19F2N3S/c1-14-11-12-23(2,25)17(13-14)20-21(26-16-9-7-15(24)8-10-16)28-18-5-3-4-6-19(18)29-22(28)27-20/h3-11,13,26H,12H2,1-2H3. The van der Waals surface area contributed by atoms with Crippen LogP contribution < -0.4 is 5.32 Å². The number of hydrogen-bond donors (Lipinski definition) is 1. The Morgan fingerprint density at radius 1 is 1.14 bits per heavy atom. The SMILES string of the molecule is CC1=CCC(C)(F)C(c2nc3sc4ccccc4n3c2Nc2ccc(F)cc2)=C1. The topological polar surface area (TPSA) is 29.3 Å². The molecule has 4 aromatic rings. The zero-order chi connectivity index (χ0) is 20.2. The number of imidazole rings is 1. The van der Waals surface area contributed by atoms with Gasteiger partial charge in [0.1, 0.15) is 23.0 Å². The van der Waals surface area contributed by atoms with E-state index in [9.17, 15) is 4.39 Å². The first-order chi connectivity index (χ1) is 13.9. The van der Waals surface area contributed by atoms with Gasteiger partial charge in [-0.3, -0.25) is 4.40 Å². The minimum atomic E-state index is -1.52. The fraction of sp³-hybridized carbons (Fsp3) is 0.174. The molecule has 0 saturated heterocycles. The zero-order valence-corrected chi connectivity index (χ0v) is 16.9. The van der Waals surface area contributed by atoms with Gasteiger partial charge in [0.2, 0.25) is 0 Å². The fourth-order valence-corrected chi connectivity index (χ4v) is 4.73. The molecule has 146 valence electrons. The van der Waals surface area contributed by atoms with Crippen molar-refractivity contribution < 1.29 is 8.78 Å². The van der Waals surface area contributed by atoms with Crippen molar-refractivity contribution in [3.8, 4) is 0 Å². The average molecular weight is 407 g/mol. The zero-order valence-electron chi connectivity index (χ0n) is 16.0. The van der Waals surface area contributed by atoms with Gasteiger partial charge in [0, 0.05) is 17.7 Å². The second kappa shape index (κ2) is 6.52. The molecular weight excluding hydrogens is 388 g/mol. The summed E-state index contributed by atoms with van der Waals surface area (Å²) < 4.78 is 32.0. The van der Waals surface area contributed by atoms with Crippen LogP contribution in [-0.2, 0) is 0 Å². The lowest BCUT2D eigenvalue weighted by Gasteiger charge is -2.26. The number of anilines is 2. The van der Waals surface area contributed by atoms with E-state index < -0.39 is 5.67 Å². The van der Waals surface area contributed by atoms with Gasteiger partial charge in [0.15, 0.2) is 4.96 Å². The van der Waals surface area contributed by atoms with Crippen LogP contribution in [-0.4, -0.2) is 15.1 Å². The van der Waals surface area contributed by atoms with Crippen molar-refractivity contribution in [2.45, 2.75) is 25.9 Å².